The number of aromatic nitrogens is 3. The Morgan fingerprint density at radius 2 is 1.74 bits per heavy atom. The van der Waals surface area contributed by atoms with Crippen LogP contribution >= 0.6 is 0 Å². The molecule has 3 aromatic rings. The van der Waals surface area contributed by atoms with Gasteiger partial charge in [-0.2, -0.15) is 4.39 Å². The van der Waals surface area contributed by atoms with E-state index in [0.29, 0.717) is 30.0 Å². The monoisotopic (exact) mass is 464 g/mol. The number of hydrogen-bond acceptors (Lipinski definition) is 7. The third kappa shape index (κ3) is 4.83. The number of pyridine rings is 1. The second-order valence-corrected chi connectivity index (χ2v) is 9.63. The summed E-state index contributed by atoms with van der Waals surface area (Å²) >= 11 is 0. The summed E-state index contributed by atoms with van der Waals surface area (Å²) in [5, 5.41) is 7.51. The van der Waals surface area contributed by atoms with Crippen LogP contribution in [0.1, 0.15) is 39.5 Å². The number of rotatable bonds is 5. The highest BCUT2D eigenvalue weighted by atomic mass is 19.1. The van der Waals surface area contributed by atoms with Crippen molar-refractivity contribution in [1.29, 1.82) is 0 Å². The van der Waals surface area contributed by atoms with Gasteiger partial charge in [-0.05, 0) is 63.3 Å². The van der Waals surface area contributed by atoms with Gasteiger partial charge in [0.1, 0.15) is 12.1 Å². The molecule has 1 aliphatic heterocycles. The summed E-state index contributed by atoms with van der Waals surface area (Å²) in [5.74, 6) is 0.349. The largest absolute Gasteiger partial charge is 0.384 e. The first-order valence-corrected chi connectivity index (χ1v) is 12.2. The first-order valence-electron chi connectivity index (χ1n) is 12.2. The molecule has 3 heterocycles. The molecular weight excluding hydrogens is 431 g/mol. The summed E-state index contributed by atoms with van der Waals surface area (Å²) in [6, 6.07) is 8.83. The molecule has 2 aromatic heterocycles. The first kappa shape index (κ1) is 22.9. The minimum absolute atomic E-state index is 0.307. The van der Waals surface area contributed by atoms with Gasteiger partial charge in [-0.3, -0.25) is 4.90 Å². The number of morpholine rings is 1. The summed E-state index contributed by atoms with van der Waals surface area (Å²) in [6.45, 7) is 6.40. The number of nitrogens with zero attached hydrogens (tertiary/aromatic N) is 4. The van der Waals surface area contributed by atoms with Crippen LogP contribution in [0.15, 0.2) is 36.8 Å². The first-order chi connectivity index (χ1) is 16.5. The van der Waals surface area contributed by atoms with Crippen LogP contribution in [0.5, 0.6) is 0 Å². The molecule has 34 heavy (non-hydrogen) atoms. The van der Waals surface area contributed by atoms with E-state index in [1.165, 1.54) is 12.8 Å². The Morgan fingerprint density at radius 3 is 2.47 bits per heavy atom. The number of halogens is 1. The van der Waals surface area contributed by atoms with Gasteiger partial charge in [0.15, 0.2) is 0 Å². The average Bonchev–Trinajstić information content (AvgIpc) is 2.84. The van der Waals surface area contributed by atoms with Crippen LogP contribution in [-0.4, -0.2) is 64.3 Å². The van der Waals surface area contributed by atoms with E-state index in [1.807, 2.05) is 12.1 Å². The average molecular weight is 465 g/mol. The molecule has 0 spiro atoms. The number of ether oxygens (including phenoxy) is 1. The van der Waals surface area contributed by atoms with Crippen molar-refractivity contribution in [2.45, 2.75) is 63.8 Å². The van der Waals surface area contributed by atoms with Crippen LogP contribution in [0.2, 0.25) is 0 Å². The van der Waals surface area contributed by atoms with Gasteiger partial charge in [0.2, 0.25) is 5.95 Å². The van der Waals surface area contributed by atoms with Gasteiger partial charge in [0.05, 0.1) is 23.4 Å². The van der Waals surface area contributed by atoms with Crippen molar-refractivity contribution in [1.82, 2.24) is 19.9 Å². The van der Waals surface area contributed by atoms with Gasteiger partial charge in [-0.15, -0.1) is 0 Å². The molecule has 0 radical (unpaired) electrons. The van der Waals surface area contributed by atoms with E-state index in [9.17, 15) is 4.39 Å². The van der Waals surface area contributed by atoms with Crippen LogP contribution in [0, 0.1) is 5.95 Å². The van der Waals surface area contributed by atoms with Crippen molar-refractivity contribution in [3.8, 4) is 11.1 Å². The highest BCUT2D eigenvalue weighted by Gasteiger charge is 2.31. The zero-order chi connectivity index (χ0) is 23.7. The van der Waals surface area contributed by atoms with Crippen LogP contribution in [0.3, 0.4) is 0 Å². The molecule has 2 aliphatic rings. The fraction of sp³-hybridized carbons (Fsp3) is 0.500. The van der Waals surface area contributed by atoms with E-state index < -0.39 is 5.95 Å². The fourth-order valence-corrected chi connectivity index (χ4v) is 5.43. The second kappa shape index (κ2) is 9.80. The summed E-state index contributed by atoms with van der Waals surface area (Å²) < 4.78 is 19.7. The van der Waals surface area contributed by atoms with E-state index in [4.69, 9.17) is 4.74 Å². The molecule has 1 aliphatic carbocycles. The Bertz CT molecular complexity index is 1140. The highest BCUT2D eigenvalue weighted by Crippen LogP contribution is 2.31. The number of fused-ring (bicyclic) bond motifs is 1. The summed E-state index contributed by atoms with van der Waals surface area (Å²) in [4.78, 5) is 15.5. The topological polar surface area (TPSA) is 75.2 Å². The van der Waals surface area contributed by atoms with Crippen LogP contribution < -0.4 is 10.6 Å². The molecular formula is C26H33FN6O. The minimum Gasteiger partial charge on any atom is -0.384 e. The second-order valence-electron chi connectivity index (χ2n) is 9.63. The standard InChI is InChI=1S/C26H33FN6O/c1-16-13-33(14-17(2)34-16)21-7-5-20(6-8-21)32-26-22-10-18(4-9-23(22)30-15-31-26)19-11-24(28-3)25(27)29-12-19/h4,9-12,15-17,20-21,28H,5-8,13-14H2,1-3H3,(H,30,31,32)/t16-,17+,20-,21-. The van der Waals surface area contributed by atoms with Crippen molar-refractivity contribution in [2.75, 3.05) is 30.8 Å². The zero-order valence-corrected chi connectivity index (χ0v) is 20.1. The van der Waals surface area contributed by atoms with Gasteiger partial charge in [-0.1, -0.05) is 6.07 Å². The van der Waals surface area contributed by atoms with E-state index in [2.05, 4.69) is 50.4 Å². The normalized spacial score (nSPS) is 25.9. The molecule has 2 atom stereocenters. The maximum atomic E-state index is 13.8. The van der Waals surface area contributed by atoms with Gasteiger partial charge < -0.3 is 15.4 Å². The molecule has 2 N–H and O–H groups in total. The lowest BCUT2D eigenvalue weighted by atomic mass is 9.89. The Morgan fingerprint density at radius 1 is 0.971 bits per heavy atom. The van der Waals surface area contributed by atoms with Gasteiger partial charge in [0, 0.05) is 49.4 Å². The van der Waals surface area contributed by atoms with Crippen LogP contribution in [-0.2, 0) is 4.74 Å². The van der Waals surface area contributed by atoms with Crippen molar-refractivity contribution >= 4 is 22.4 Å². The lowest BCUT2D eigenvalue weighted by Crippen LogP contribution is -2.51. The third-order valence-electron chi connectivity index (χ3n) is 7.08. The predicted molar refractivity (Wildman–Crippen MR) is 134 cm³/mol. The number of benzene rings is 1. The van der Waals surface area contributed by atoms with Crippen molar-refractivity contribution < 1.29 is 9.13 Å². The number of nitrogens with one attached hydrogen (secondary N) is 2. The van der Waals surface area contributed by atoms with E-state index >= 15 is 0 Å². The molecule has 0 amide bonds. The minimum atomic E-state index is -0.505. The quantitative estimate of drug-likeness (QED) is 0.530. The molecule has 180 valence electrons. The fourth-order valence-electron chi connectivity index (χ4n) is 5.43. The molecule has 1 saturated heterocycles. The lowest BCUT2D eigenvalue weighted by molar-refractivity contribution is -0.0842. The van der Waals surface area contributed by atoms with Crippen molar-refractivity contribution in [3.63, 3.8) is 0 Å². The van der Waals surface area contributed by atoms with Crippen molar-refractivity contribution in [3.05, 3.63) is 42.7 Å². The molecule has 5 rings (SSSR count). The Hall–Kier alpha value is -2.84. The summed E-state index contributed by atoms with van der Waals surface area (Å²) in [5.41, 5.74) is 3.06. The molecule has 8 heteroatoms. The molecule has 2 fully saturated rings. The maximum Gasteiger partial charge on any atom is 0.236 e. The Labute approximate surface area is 200 Å². The Balaban J connectivity index is 1.31. The zero-order valence-electron chi connectivity index (χ0n) is 20.1. The SMILES string of the molecule is CNc1cc(-c2ccc3ncnc(N[C@H]4CC[C@H](N5C[C@@H](C)O[C@@H](C)C5)CC4)c3c2)cnc1F. The van der Waals surface area contributed by atoms with E-state index in [-0.39, 0.29) is 0 Å². The molecule has 1 saturated carbocycles. The van der Waals surface area contributed by atoms with E-state index in [1.54, 1.807) is 25.6 Å². The van der Waals surface area contributed by atoms with Gasteiger partial charge >= 0.3 is 0 Å². The smallest absolute Gasteiger partial charge is 0.236 e. The molecule has 0 bridgehead atoms. The van der Waals surface area contributed by atoms with E-state index in [0.717, 1.165) is 53.8 Å². The van der Waals surface area contributed by atoms with Crippen LogP contribution in [0.25, 0.3) is 22.0 Å². The number of anilines is 2. The lowest BCUT2D eigenvalue weighted by Gasteiger charge is -2.43. The Kier molecular flexibility index (Phi) is 6.61. The van der Waals surface area contributed by atoms with Crippen LogP contribution in [0.4, 0.5) is 15.9 Å². The maximum absolute atomic E-state index is 13.8. The van der Waals surface area contributed by atoms with Gasteiger partial charge in [0.25, 0.3) is 0 Å². The molecule has 7 nitrogen and oxygen atoms in total. The van der Waals surface area contributed by atoms with Gasteiger partial charge in [-0.25, -0.2) is 15.0 Å². The molecule has 0 unspecified atom stereocenters. The molecule has 1 aromatic carbocycles. The summed E-state index contributed by atoms with van der Waals surface area (Å²) in [6.07, 6.45) is 8.38. The number of hydrogen-bond donors (Lipinski definition) is 2. The predicted octanol–water partition coefficient (Wildman–Crippen LogP) is 4.70. The van der Waals surface area contributed by atoms with Crippen molar-refractivity contribution in [2.24, 2.45) is 0 Å². The third-order valence-corrected chi connectivity index (χ3v) is 7.08. The summed E-state index contributed by atoms with van der Waals surface area (Å²) in [7, 11) is 1.69. The highest BCUT2D eigenvalue weighted by molar-refractivity contribution is 5.92.